The quantitative estimate of drug-likeness (QED) is 0.331. The van der Waals surface area contributed by atoms with E-state index in [1.54, 1.807) is 12.1 Å². The number of phenolic OH excluding ortho intramolecular Hbond substituents is 2. The molecule has 3 heteroatoms. The highest BCUT2D eigenvalue weighted by Crippen LogP contribution is 2.22. The van der Waals surface area contributed by atoms with Crippen molar-refractivity contribution in [3.8, 4) is 11.5 Å². The molecular formula is C21H34O3. The molecule has 0 radical (unpaired) electrons. The van der Waals surface area contributed by atoms with Crippen LogP contribution >= 0.6 is 0 Å². The van der Waals surface area contributed by atoms with Crippen molar-refractivity contribution in [3.05, 3.63) is 35.9 Å². The average Bonchev–Trinajstić information content (AvgIpc) is 2.52. The number of aliphatic hydroxyl groups is 1. The van der Waals surface area contributed by atoms with Crippen molar-refractivity contribution in [2.45, 2.75) is 83.7 Å². The van der Waals surface area contributed by atoms with Crippen LogP contribution in [0.4, 0.5) is 0 Å². The van der Waals surface area contributed by atoms with E-state index in [-0.39, 0.29) is 17.6 Å². The topological polar surface area (TPSA) is 60.7 Å². The largest absolute Gasteiger partial charge is 0.508 e. The molecule has 0 spiro atoms. The van der Waals surface area contributed by atoms with Gasteiger partial charge in [0.25, 0.3) is 0 Å². The molecule has 0 heterocycles. The summed E-state index contributed by atoms with van der Waals surface area (Å²) in [7, 11) is 0. The number of aromatic hydroxyl groups is 2. The van der Waals surface area contributed by atoms with E-state index in [0.717, 1.165) is 37.7 Å². The Morgan fingerprint density at radius 3 is 2.25 bits per heavy atom. The Kier molecular flexibility index (Phi) is 11.0. The first-order valence-corrected chi connectivity index (χ1v) is 9.48. The fourth-order valence-corrected chi connectivity index (χ4v) is 2.88. The van der Waals surface area contributed by atoms with Crippen LogP contribution in [0.2, 0.25) is 0 Å². The summed E-state index contributed by atoms with van der Waals surface area (Å²) < 4.78 is 0. The van der Waals surface area contributed by atoms with Gasteiger partial charge in [-0.15, -0.1) is 0 Å². The van der Waals surface area contributed by atoms with Crippen LogP contribution in [0.25, 0.3) is 0 Å². The summed E-state index contributed by atoms with van der Waals surface area (Å²) in [5, 5.41) is 28.6. The third-order valence-electron chi connectivity index (χ3n) is 4.26. The van der Waals surface area contributed by atoms with Gasteiger partial charge < -0.3 is 15.3 Å². The zero-order chi connectivity index (χ0) is 17.6. The summed E-state index contributed by atoms with van der Waals surface area (Å²) in [6.07, 6.45) is 16.0. The van der Waals surface area contributed by atoms with Crippen molar-refractivity contribution in [1.29, 1.82) is 0 Å². The number of allylic oxidation sites excluding steroid dienone is 1. The average molecular weight is 334 g/mol. The number of benzene rings is 1. The molecule has 3 N–H and O–H groups in total. The molecule has 0 fully saturated rings. The molecule has 0 aliphatic rings. The number of hydrogen-bond acceptors (Lipinski definition) is 3. The van der Waals surface area contributed by atoms with Gasteiger partial charge in [-0.1, -0.05) is 57.6 Å². The van der Waals surface area contributed by atoms with Crippen LogP contribution in [0.3, 0.4) is 0 Å². The number of phenols is 2. The van der Waals surface area contributed by atoms with E-state index in [4.69, 9.17) is 0 Å². The Balaban J connectivity index is 1.98. The number of aryl methyl sites for hydroxylation is 1. The molecule has 0 amide bonds. The summed E-state index contributed by atoms with van der Waals surface area (Å²) in [4.78, 5) is 0. The first-order valence-electron chi connectivity index (χ1n) is 9.48. The summed E-state index contributed by atoms with van der Waals surface area (Å²) >= 11 is 0. The lowest BCUT2D eigenvalue weighted by Gasteiger charge is -2.05. The molecule has 0 saturated heterocycles. The van der Waals surface area contributed by atoms with Gasteiger partial charge in [0.15, 0.2) is 0 Å². The van der Waals surface area contributed by atoms with Gasteiger partial charge in [-0.05, 0) is 49.8 Å². The third-order valence-corrected chi connectivity index (χ3v) is 4.26. The van der Waals surface area contributed by atoms with Crippen LogP contribution in [0, 0.1) is 0 Å². The molecule has 24 heavy (non-hydrogen) atoms. The molecule has 0 aromatic heterocycles. The van der Waals surface area contributed by atoms with E-state index in [2.05, 4.69) is 13.0 Å². The normalized spacial score (nSPS) is 12.8. The number of aliphatic hydroxyl groups excluding tert-OH is 1. The predicted octanol–water partition coefficient (Wildman–Crippen LogP) is 5.48. The van der Waals surface area contributed by atoms with Crippen molar-refractivity contribution >= 4 is 0 Å². The van der Waals surface area contributed by atoms with Crippen LogP contribution < -0.4 is 0 Å². The Hall–Kier alpha value is -1.48. The second kappa shape index (κ2) is 12.9. The molecule has 1 atom stereocenters. The monoisotopic (exact) mass is 334 g/mol. The standard InChI is InChI=1S/C21H34O3/c1-2-3-9-13-19(22)14-11-8-6-4-5-7-10-12-18-15-20(23)17-21(24)16-18/h11,14-17,19,22-24H,2-10,12-13H2,1H3/t19-/m1/s1. The van der Waals surface area contributed by atoms with Crippen molar-refractivity contribution in [3.63, 3.8) is 0 Å². The van der Waals surface area contributed by atoms with Gasteiger partial charge in [0, 0.05) is 6.07 Å². The Morgan fingerprint density at radius 2 is 1.54 bits per heavy atom. The molecular weight excluding hydrogens is 300 g/mol. The fraction of sp³-hybridized carbons (Fsp3) is 0.619. The molecule has 0 saturated carbocycles. The van der Waals surface area contributed by atoms with E-state index in [1.807, 2.05) is 6.08 Å². The Labute approximate surface area is 147 Å². The van der Waals surface area contributed by atoms with Crippen LogP contribution in [0.1, 0.15) is 76.7 Å². The second-order valence-electron chi connectivity index (χ2n) is 6.66. The van der Waals surface area contributed by atoms with E-state index >= 15 is 0 Å². The Bertz CT molecular complexity index is 448. The maximum atomic E-state index is 9.77. The lowest BCUT2D eigenvalue weighted by molar-refractivity contribution is 0.208. The maximum absolute atomic E-state index is 9.77. The molecule has 136 valence electrons. The van der Waals surface area contributed by atoms with Gasteiger partial charge in [0.1, 0.15) is 11.5 Å². The molecule has 1 rings (SSSR count). The minimum atomic E-state index is -0.268. The highest BCUT2D eigenvalue weighted by atomic mass is 16.3. The first kappa shape index (κ1) is 20.6. The van der Waals surface area contributed by atoms with Gasteiger partial charge >= 0.3 is 0 Å². The molecule has 0 aliphatic carbocycles. The van der Waals surface area contributed by atoms with Gasteiger partial charge in [-0.25, -0.2) is 0 Å². The van der Waals surface area contributed by atoms with Gasteiger partial charge in [-0.2, -0.15) is 0 Å². The zero-order valence-electron chi connectivity index (χ0n) is 15.1. The molecule has 0 bridgehead atoms. The molecule has 3 nitrogen and oxygen atoms in total. The van der Waals surface area contributed by atoms with E-state index < -0.39 is 0 Å². The SMILES string of the molecule is CCCCC[C@@H](O)C=CCCCCCCCc1cc(O)cc(O)c1. The van der Waals surface area contributed by atoms with Crippen LogP contribution in [-0.4, -0.2) is 21.4 Å². The molecule has 1 aromatic rings. The maximum Gasteiger partial charge on any atom is 0.119 e. The van der Waals surface area contributed by atoms with Crippen molar-refractivity contribution in [2.24, 2.45) is 0 Å². The minimum absolute atomic E-state index is 0.133. The number of rotatable bonds is 13. The van der Waals surface area contributed by atoms with Gasteiger partial charge in [0.05, 0.1) is 6.10 Å². The number of unbranched alkanes of at least 4 members (excludes halogenated alkanes) is 7. The summed E-state index contributed by atoms with van der Waals surface area (Å²) in [5.74, 6) is 0.266. The van der Waals surface area contributed by atoms with E-state index in [9.17, 15) is 15.3 Å². The lowest BCUT2D eigenvalue weighted by Crippen LogP contribution is -2.01. The predicted molar refractivity (Wildman–Crippen MR) is 100 cm³/mol. The third kappa shape index (κ3) is 10.3. The summed E-state index contributed by atoms with van der Waals surface area (Å²) in [6, 6.07) is 4.80. The van der Waals surface area contributed by atoms with Gasteiger partial charge in [-0.3, -0.25) is 0 Å². The highest BCUT2D eigenvalue weighted by molar-refractivity contribution is 5.36. The zero-order valence-corrected chi connectivity index (χ0v) is 15.1. The second-order valence-corrected chi connectivity index (χ2v) is 6.66. The van der Waals surface area contributed by atoms with Crippen molar-refractivity contribution in [1.82, 2.24) is 0 Å². The first-order chi connectivity index (χ1) is 11.6. The minimum Gasteiger partial charge on any atom is -0.508 e. The lowest BCUT2D eigenvalue weighted by atomic mass is 10.0. The van der Waals surface area contributed by atoms with Crippen LogP contribution in [0.15, 0.2) is 30.4 Å². The van der Waals surface area contributed by atoms with Crippen molar-refractivity contribution in [2.75, 3.05) is 0 Å². The van der Waals surface area contributed by atoms with E-state index in [1.165, 1.54) is 44.6 Å². The van der Waals surface area contributed by atoms with Crippen LogP contribution in [0.5, 0.6) is 11.5 Å². The molecule has 1 aromatic carbocycles. The van der Waals surface area contributed by atoms with Gasteiger partial charge in [0.2, 0.25) is 0 Å². The van der Waals surface area contributed by atoms with Crippen LogP contribution in [-0.2, 0) is 6.42 Å². The molecule has 0 aliphatic heterocycles. The highest BCUT2D eigenvalue weighted by Gasteiger charge is 2.00. The van der Waals surface area contributed by atoms with E-state index in [0.29, 0.717) is 0 Å². The Morgan fingerprint density at radius 1 is 0.875 bits per heavy atom. The molecule has 0 unspecified atom stereocenters. The summed E-state index contributed by atoms with van der Waals surface area (Å²) in [6.45, 7) is 2.18. The smallest absolute Gasteiger partial charge is 0.119 e. The summed E-state index contributed by atoms with van der Waals surface area (Å²) in [5.41, 5.74) is 0.993. The number of hydrogen-bond donors (Lipinski definition) is 3. The van der Waals surface area contributed by atoms with Crippen molar-refractivity contribution < 1.29 is 15.3 Å². The fourth-order valence-electron chi connectivity index (χ4n) is 2.88.